The lowest BCUT2D eigenvalue weighted by atomic mass is 9.99. The van der Waals surface area contributed by atoms with E-state index in [0.717, 1.165) is 5.56 Å². The summed E-state index contributed by atoms with van der Waals surface area (Å²) >= 11 is 0. The number of hydrogen-bond donors (Lipinski definition) is 1. The Balaban J connectivity index is 1.42. The van der Waals surface area contributed by atoms with Crippen LogP contribution in [0.4, 0.5) is 9.59 Å². The maximum atomic E-state index is 13.3. The summed E-state index contributed by atoms with van der Waals surface area (Å²) in [7, 11) is -8.33. The van der Waals surface area contributed by atoms with E-state index in [4.69, 9.17) is 22.6 Å². The molecule has 2 fully saturated rings. The average molecular weight is 797 g/mol. The minimum atomic E-state index is -4.27. The van der Waals surface area contributed by atoms with Gasteiger partial charge in [0, 0.05) is 50.5 Å². The lowest BCUT2D eigenvalue weighted by Crippen LogP contribution is -2.37. The summed E-state index contributed by atoms with van der Waals surface area (Å²) in [6.07, 6.45) is -1.25. The fourth-order valence-electron chi connectivity index (χ4n) is 6.22. The van der Waals surface area contributed by atoms with Gasteiger partial charge in [0.15, 0.2) is 0 Å². The van der Waals surface area contributed by atoms with Gasteiger partial charge < -0.3 is 29.1 Å². The van der Waals surface area contributed by atoms with Crippen LogP contribution in [0, 0.1) is 25.7 Å². The van der Waals surface area contributed by atoms with Crippen LogP contribution in [0.25, 0.3) is 0 Å². The van der Waals surface area contributed by atoms with Gasteiger partial charge in [-0.15, -0.1) is 0 Å². The highest BCUT2D eigenvalue weighted by atomic mass is 32.2. The average Bonchev–Trinajstić information content (AvgIpc) is 3.75. The van der Waals surface area contributed by atoms with Gasteiger partial charge >= 0.3 is 12.2 Å². The highest BCUT2D eigenvalue weighted by Crippen LogP contribution is 2.31. The largest absolute Gasteiger partial charge is 0.490 e. The third-order valence-corrected chi connectivity index (χ3v) is 11.8. The normalized spacial score (nSPS) is 19.4. The van der Waals surface area contributed by atoms with Crippen molar-refractivity contribution in [1.82, 2.24) is 9.80 Å². The second kappa shape index (κ2) is 17.6. The number of aliphatic hydroxyl groups is 1. The van der Waals surface area contributed by atoms with Crippen molar-refractivity contribution in [1.29, 1.82) is 0 Å². The standard InChI is InChI=1S/C38H56N2O12S2/c1-26-9-12-30(13-10-26)53(44,45)49-22-18-33(29-16-20-40(25-29)36(43)52-38(6,7)8)50-34-23-31(14-11-27(34)2)54(46,47)48-21-17-32(41)28-15-19-39(24-28)35(42)51-37(3,4)5/h9-14,23,28-29,32-33,41H,15-22,24-25H2,1-8H3. The second-order valence-electron chi connectivity index (χ2n) is 16.0. The smallest absolute Gasteiger partial charge is 0.410 e. The number of aliphatic hydroxyl groups excluding tert-OH is 1. The molecule has 2 saturated heterocycles. The Morgan fingerprint density at radius 3 is 1.78 bits per heavy atom. The molecule has 2 aliphatic heterocycles. The third-order valence-electron chi connectivity index (χ3n) is 9.15. The van der Waals surface area contributed by atoms with Crippen molar-refractivity contribution < 1.29 is 54.1 Å². The highest BCUT2D eigenvalue weighted by Gasteiger charge is 2.37. The lowest BCUT2D eigenvalue weighted by molar-refractivity contribution is 0.0253. The quantitative estimate of drug-likeness (QED) is 0.227. The summed E-state index contributed by atoms with van der Waals surface area (Å²) in [5.74, 6) is -0.254. The molecule has 14 nitrogen and oxygen atoms in total. The van der Waals surface area contributed by atoms with Gasteiger partial charge in [0.05, 0.1) is 29.1 Å². The summed E-state index contributed by atoms with van der Waals surface area (Å²) in [6, 6.07) is 10.6. The molecular formula is C38H56N2O12S2. The van der Waals surface area contributed by atoms with Crippen molar-refractivity contribution in [3.05, 3.63) is 53.6 Å². The van der Waals surface area contributed by atoms with Gasteiger partial charge in [0.25, 0.3) is 20.2 Å². The van der Waals surface area contributed by atoms with E-state index >= 15 is 0 Å². The van der Waals surface area contributed by atoms with Gasteiger partial charge in [-0.25, -0.2) is 9.59 Å². The minimum Gasteiger partial charge on any atom is -0.490 e. The van der Waals surface area contributed by atoms with Gasteiger partial charge in [-0.05, 0) is 98.4 Å². The first-order valence-corrected chi connectivity index (χ1v) is 21.1. The molecule has 0 bridgehead atoms. The van der Waals surface area contributed by atoms with Crippen LogP contribution in [0.2, 0.25) is 0 Å². The van der Waals surface area contributed by atoms with Crippen LogP contribution in [-0.4, -0.2) is 107 Å². The van der Waals surface area contributed by atoms with E-state index in [2.05, 4.69) is 0 Å². The molecule has 4 unspecified atom stereocenters. The number of hydrogen-bond acceptors (Lipinski definition) is 12. The number of carbonyl (C=O) groups is 2. The van der Waals surface area contributed by atoms with Crippen LogP contribution in [0.1, 0.15) is 78.4 Å². The molecule has 16 heteroatoms. The Morgan fingerprint density at radius 2 is 1.22 bits per heavy atom. The van der Waals surface area contributed by atoms with Crippen molar-refractivity contribution in [2.24, 2.45) is 11.8 Å². The molecular weight excluding hydrogens is 741 g/mol. The highest BCUT2D eigenvalue weighted by molar-refractivity contribution is 7.87. The zero-order valence-corrected chi connectivity index (χ0v) is 34.2. The maximum Gasteiger partial charge on any atom is 0.410 e. The number of amides is 2. The number of carbonyl (C=O) groups excluding carboxylic acids is 2. The number of ether oxygens (including phenoxy) is 3. The number of rotatable bonds is 14. The fraction of sp³-hybridized carbons (Fsp3) is 0.632. The van der Waals surface area contributed by atoms with Gasteiger partial charge in [0.1, 0.15) is 23.1 Å². The summed E-state index contributed by atoms with van der Waals surface area (Å²) in [4.78, 5) is 28.3. The lowest BCUT2D eigenvalue weighted by Gasteiger charge is -2.27. The second-order valence-corrected chi connectivity index (χ2v) is 19.3. The molecule has 0 saturated carbocycles. The Morgan fingerprint density at radius 1 is 0.741 bits per heavy atom. The molecule has 2 aromatic rings. The van der Waals surface area contributed by atoms with Crippen molar-refractivity contribution in [3.8, 4) is 5.75 Å². The fourth-order valence-corrected chi connectivity index (χ4v) is 8.08. The third kappa shape index (κ3) is 12.5. The van der Waals surface area contributed by atoms with E-state index in [-0.39, 0.29) is 60.0 Å². The Labute approximate surface area is 320 Å². The predicted molar refractivity (Wildman–Crippen MR) is 200 cm³/mol. The molecule has 2 aromatic carbocycles. The first-order valence-electron chi connectivity index (χ1n) is 18.3. The number of nitrogens with zero attached hydrogens (tertiary/aromatic N) is 2. The van der Waals surface area contributed by atoms with E-state index in [0.29, 0.717) is 38.0 Å². The molecule has 2 aliphatic rings. The van der Waals surface area contributed by atoms with Crippen molar-refractivity contribution in [2.45, 2.75) is 114 Å². The van der Waals surface area contributed by atoms with Crippen molar-refractivity contribution >= 4 is 32.4 Å². The zero-order valence-electron chi connectivity index (χ0n) is 32.6. The zero-order chi connectivity index (χ0) is 40.1. The summed E-state index contributed by atoms with van der Waals surface area (Å²) in [6.45, 7) is 15.2. The predicted octanol–water partition coefficient (Wildman–Crippen LogP) is 5.82. The van der Waals surface area contributed by atoms with Crippen LogP contribution in [0.5, 0.6) is 5.75 Å². The molecule has 0 aromatic heterocycles. The monoisotopic (exact) mass is 796 g/mol. The molecule has 54 heavy (non-hydrogen) atoms. The van der Waals surface area contributed by atoms with Gasteiger partial charge in [-0.1, -0.05) is 23.8 Å². The van der Waals surface area contributed by atoms with Crippen LogP contribution in [-0.2, 0) is 38.1 Å². The summed E-state index contributed by atoms with van der Waals surface area (Å²) < 4.78 is 80.6. The van der Waals surface area contributed by atoms with E-state index in [1.807, 2.05) is 6.92 Å². The van der Waals surface area contributed by atoms with E-state index in [1.54, 1.807) is 71.6 Å². The van der Waals surface area contributed by atoms with Crippen molar-refractivity contribution in [2.75, 3.05) is 39.4 Å². The van der Waals surface area contributed by atoms with Gasteiger partial charge in [-0.3, -0.25) is 8.37 Å². The van der Waals surface area contributed by atoms with E-state index in [9.17, 15) is 31.5 Å². The first-order chi connectivity index (χ1) is 25.0. The molecule has 2 amide bonds. The van der Waals surface area contributed by atoms with E-state index < -0.39 is 55.8 Å². The molecule has 0 spiro atoms. The number of aryl methyl sites for hydroxylation is 2. The van der Waals surface area contributed by atoms with Crippen molar-refractivity contribution in [3.63, 3.8) is 0 Å². The van der Waals surface area contributed by atoms with Gasteiger partial charge in [-0.2, -0.15) is 16.8 Å². The maximum absolute atomic E-state index is 13.3. The minimum absolute atomic E-state index is 0.0230. The number of likely N-dealkylation sites (tertiary alicyclic amines) is 2. The van der Waals surface area contributed by atoms with Crippen LogP contribution in [0.15, 0.2) is 52.3 Å². The molecule has 0 aliphatic carbocycles. The van der Waals surface area contributed by atoms with Gasteiger partial charge in [0.2, 0.25) is 0 Å². The molecule has 2 heterocycles. The summed E-state index contributed by atoms with van der Waals surface area (Å²) in [5.41, 5.74) is 0.196. The van der Waals surface area contributed by atoms with Crippen LogP contribution < -0.4 is 4.74 Å². The van der Waals surface area contributed by atoms with Crippen LogP contribution in [0.3, 0.4) is 0 Å². The molecule has 4 atom stereocenters. The topological polar surface area (TPSA) is 175 Å². The molecule has 0 radical (unpaired) electrons. The Kier molecular flexibility index (Phi) is 14.1. The molecule has 4 rings (SSSR count). The Bertz CT molecular complexity index is 1820. The first kappa shape index (κ1) is 43.3. The SMILES string of the molecule is Cc1ccc(S(=O)(=O)OCCC(Oc2cc(S(=O)(=O)OCCC(O)C3CCN(C(=O)OC(C)(C)C)C3)ccc2C)C2CCN(C(=O)OC(C)(C)C)C2)cc1. The van der Waals surface area contributed by atoms with E-state index in [1.165, 1.54) is 29.2 Å². The van der Waals surface area contributed by atoms with Crippen LogP contribution >= 0.6 is 0 Å². The summed E-state index contributed by atoms with van der Waals surface area (Å²) in [5, 5.41) is 10.8. The molecule has 302 valence electrons. The molecule has 1 N–H and O–H groups in total. The Hall–Kier alpha value is -3.44. The number of benzene rings is 2.